The van der Waals surface area contributed by atoms with E-state index in [0.717, 1.165) is 32.4 Å². The van der Waals surface area contributed by atoms with Gasteiger partial charge in [0.2, 0.25) is 5.91 Å². The van der Waals surface area contributed by atoms with Gasteiger partial charge in [0.05, 0.1) is 0 Å². The average Bonchev–Trinajstić information content (AvgIpc) is 2.36. The number of carbonyl (C=O) groups excluding carboxylic acids is 1. The Kier molecular flexibility index (Phi) is 7.16. The Morgan fingerprint density at radius 3 is 2.94 bits per heavy atom. The van der Waals surface area contributed by atoms with E-state index in [1.54, 1.807) is 0 Å². The fourth-order valence-corrected chi connectivity index (χ4v) is 2.50. The van der Waals surface area contributed by atoms with Crippen LogP contribution in [0.1, 0.15) is 44.9 Å². The third-order valence-electron chi connectivity index (χ3n) is 3.47. The molecule has 100 valence electrons. The molecule has 0 aliphatic carbocycles. The van der Waals surface area contributed by atoms with Crippen LogP contribution in [0.3, 0.4) is 0 Å². The van der Waals surface area contributed by atoms with E-state index in [2.05, 4.69) is 10.3 Å². The zero-order valence-corrected chi connectivity index (χ0v) is 10.5. The van der Waals surface area contributed by atoms with Crippen molar-refractivity contribution in [1.82, 2.24) is 10.3 Å². The summed E-state index contributed by atoms with van der Waals surface area (Å²) in [5.74, 6) is 4.93. The number of likely N-dealkylation sites (tertiary alicyclic amines) is 1. The topological polar surface area (TPSA) is 78.6 Å². The fraction of sp³-hybridized carbons (Fsp3) is 0.917. The standard InChI is InChI=1S/C12H25N3O2/c13-14-12(17)6-2-4-9-15-8-3-1-5-11(15)7-10-16/h11,16H,1-10,13H2,(H,14,17). The highest BCUT2D eigenvalue weighted by molar-refractivity contribution is 5.75. The van der Waals surface area contributed by atoms with Crippen molar-refractivity contribution in [3.63, 3.8) is 0 Å². The zero-order valence-electron chi connectivity index (χ0n) is 10.5. The second-order valence-electron chi connectivity index (χ2n) is 4.72. The van der Waals surface area contributed by atoms with E-state index in [9.17, 15) is 4.79 Å². The van der Waals surface area contributed by atoms with Crippen molar-refractivity contribution in [3.05, 3.63) is 0 Å². The predicted octanol–water partition coefficient (Wildman–Crippen LogP) is 0.383. The largest absolute Gasteiger partial charge is 0.396 e. The van der Waals surface area contributed by atoms with Gasteiger partial charge in [-0.3, -0.25) is 10.2 Å². The van der Waals surface area contributed by atoms with Gasteiger partial charge in [0.15, 0.2) is 0 Å². The van der Waals surface area contributed by atoms with E-state index in [1.165, 1.54) is 19.3 Å². The maximum atomic E-state index is 10.9. The van der Waals surface area contributed by atoms with Crippen molar-refractivity contribution in [3.8, 4) is 0 Å². The molecule has 1 saturated heterocycles. The van der Waals surface area contributed by atoms with Gasteiger partial charge in [-0.15, -0.1) is 0 Å². The van der Waals surface area contributed by atoms with Gasteiger partial charge < -0.3 is 10.0 Å². The molecular weight excluding hydrogens is 218 g/mol. The Morgan fingerprint density at radius 1 is 1.41 bits per heavy atom. The number of hydrogen-bond donors (Lipinski definition) is 3. The molecule has 1 fully saturated rings. The van der Waals surface area contributed by atoms with E-state index in [-0.39, 0.29) is 12.5 Å². The zero-order chi connectivity index (χ0) is 12.5. The Balaban J connectivity index is 2.16. The molecule has 5 nitrogen and oxygen atoms in total. The lowest BCUT2D eigenvalue weighted by molar-refractivity contribution is -0.121. The molecule has 1 atom stereocenters. The lowest BCUT2D eigenvalue weighted by Crippen LogP contribution is -2.40. The lowest BCUT2D eigenvalue weighted by atomic mass is 9.99. The van der Waals surface area contributed by atoms with Gasteiger partial charge in [-0.2, -0.15) is 0 Å². The fourth-order valence-electron chi connectivity index (χ4n) is 2.50. The van der Waals surface area contributed by atoms with Gasteiger partial charge in [0.1, 0.15) is 0 Å². The van der Waals surface area contributed by atoms with Crippen LogP contribution in [0.2, 0.25) is 0 Å². The molecule has 1 aliphatic heterocycles. The number of aliphatic hydroxyl groups excluding tert-OH is 1. The number of nitrogens with one attached hydrogen (secondary N) is 1. The number of hydrazine groups is 1. The first kappa shape index (κ1) is 14.4. The van der Waals surface area contributed by atoms with Gasteiger partial charge in [-0.05, 0) is 45.2 Å². The minimum atomic E-state index is -0.0875. The van der Waals surface area contributed by atoms with Crippen LogP contribution in [-0.2, 0) is 4.79 Å². The van der Waals surface area contributed by atoms with Gasteiger partial charge >= 0.3 is 0 Å². The first-order valence-electron chi connectivity index (χ1n) is 6.62. The maximum Gasteiger partial charge on any atom is 0.233 e. The molecule has 0 aromatic heterocycles. The highest BCUT2D eigenvalue weighted by Crippen LogP contribution is 2.19. The van der Waals surface area contributed by atoms with Gasteiger partial charge in [0.25, 0.3) is 0 Å². The highest BCUT2D eigenvalue weighted by atomic mass is 16.3. The Hall–Kier alpha value is -0.650. The van der Waals surface area contributed by atoms with Crippen molar-refractivity contribution in [2.75, 3.05) is 19.7 Å². The smallest absolute Gasteiger partial charge is 0.233 e. The van der Waals surface area contributed by atoms with Crippen LogP contribution in [-0.4, -0.2) is 41.7 Å². The van der Waals surface area contributed by atoms with Crippen molar-refractivity contribution < 1.29 is 9.90 Å². The summed E-state index contributed by atoms with van der Waals surface area (Å²) < 4.78 is 0. The SMILES string of the molecule is NNC(=O)CCCCN1CCCCC1CCO. The highest BCUT2D eigenvalue weighted by Gasteiger charge is 2.20. The van der Waals surface area contributed by atoms with Crippen LogP contribution in [0.15, 0.2) is 0 Å². The molecule has 0 aromatic rings. The molecule has 0 aromatic carbocycles. The third kappa shape index (κ3) is 5.48. The minimum Gasteiger partial charge on any atom is -0.396 e. The third-order valence-corrected chi connectivity index (χ3v) is 3.47. The number of carbonyl (C=O) groups is 1. The van der Waals surface area contributed by atoms with Crippen LogP contribution in [0.4, 0.5) is 0 Å². The number of nitrogens with two attached hydrogens (primary N) is 1. The normalized spacial score (nSPS) is 21.4. The summed E-state index contributed by atoms with van der Waals surface area (Å²) in [5, 5.41) is 9.02. The number of rotatable bonds is 7. The van der Waals surface area contributed by atoms with E-state index in [4.69, 9.17) is 10.9 Å². The second kappa shape index (κ2) is 8.44. The van der Waals surface area contributed by atoms with Crippen molar-refractivity contribution in [2.24, 2.45) is 5.84 Å². The summed E-state index contributed by atoms with van der Waals surface area (Å²) in [7, 11) is 0. The predicted molar refractivity (Wildman–Crippen MR) is 67.1 cm³/mol. The molecule has 0 bridgehead atoms. The summed E-state index contributed by atoms with van der Waals surface area (Å²) in [4.78, 5) is 13.4. The molecule has 1 amide bonds. The molecular formula is C12H25N3O2. The van der Waals surface area contributed by atoms with Gasteiger partial charge in [0, 0.05) is 19.1 Å². The van der Waals surface area contributed by atoms with E-state index < -0.39 is 0 Å². The van der Waals surface area contributed by atoms with E-state index >= 15 is 0 Å². The first-order chi connectivity index (χ1) is 8.27. The molecule has 0 radical (unpaired) electrons. The molecule has 17 heavy (non-hydrogen) atoms. The molecule has 0 spiro atoms. The lowest BCUT2D eigenvalue weighted by Gasteiger charge is -2.35. The van der Waals surface area contributed by atoms with E-state index in [1.807, 2.05) is 0 Å². The van der Waals surface area contributed by atoms with Crippen molar-refractivity contribution in [1.29, 1.82) is 0 Å². The number of nitrogens with zero attached hydrogens (tertiary/aromatic N) is 1. The summed E-state index contributed by atoms with van der Waals surface area (Å²) >= 11 is 0. The number of aliphatic hydroxyl groups is 1. The number of piperidine rings is 1. The summed E-state index contributed by atoms with van der Waals surface area (Å²) in [5.41, 5.74) is 2.15. The van der Waals surface area contributed by atoms with Gasteiger partial charge in [-0.1, -0.05) is 6.42 Å². The monoisotopic (exact) mass is 243 g/mol. The summed E-state index contributed by atoms with van der Waals surface area (Å²) in [6.07, 6.45) is 7.02. The van der Waals surface area contributed by atoms with Crippen LogP contribution < -0.4 is 11.3 Å². The van der Waals surface area contributed by atoms with Crippen LogP contribution >= 0.6 is 0 Å². The molecule has 1 unspecified atom stereocenters. The Morgan fingerprint density at radius 2 is 2.24 bits per heavy atom. The van der Waals surface area contributed by atoms with E-state index in [0.29, 0.717) is 12.5 Å². The average molecular weight is 243 g/mol. The van der Waals surface area contributed by atoms with Crippen LogP contribution in [0.25, 0.3) is 0 Å². The van der Waals surface area contributed by atoms with Crippen LogP contribution in [0.5, 0.6) is 0 Å². The minimum absolute atomic E-state index is 0.0875. The number of unbranched alkanes of at least 4 members (excludes halogenated alkanes) is 1. The van der Waals surface area contributed by atoms with Crippen molar-refractivity contribution >= 4 is 5.91 Å². The maximum absolute atomic E-state index is 10.9. The molecule has 5 heteroatoms. The summed E-state index contributed by atoms with van der Waals surface area (Å²) in [6.45, 7) is 2.44. The molecule has 4 N–H and O–H groups in total. The molecule has 0 saturated carbocycles. The Labute approximate surface area is 103 Å². The molecule has 1 aliphatic rings. The van der Waals surface area contributed by atoms with Crippen molar-refractivity contribution in [2.45, 2.75) is 51.0 Å². The quantitative estimate of drug-likeness (QED) is 0.261. The summed E-state index contributed by atoms with van der Waals surface area (Å²) in [6, 6.07) is 0.539. The number of amides is 1. The molecule has 1 rings (SSSR count). The second-order valence-corrected chi connectivity index (χ2v) is 4.72. The van der Waals surface area contributed by atoms with Crippen LogP contribution in [0, 0.1) is 0 Å². The number of hydrogen-bond acceptors (Lipinski definition) is 4. The Bertz CT molecular complexity index is 222. The first-order valence-corrected chi connectivity index (χ1v) is 6.62. The molecule has 1 heterocycles. The van der Waals surface area contributed by atoms with Gasteiger partial charge in [-0.25, -0.2) is 5.84 Å².